The van der Waals surface area contributed by atoms with Crippen molar-refractivity contribution in [1.82, 2.24) is 9.88 Å². The molecule has 0 unspecified atom stereocenters. The van der Waals surface area contributed by atoms with Crippen LogP contribution >= 0.6 is 0 Å². The Morgan fingerprint density at radius 2 is 1.91 bits per heavy atom. The Bertz CT molecular complexity index is 975. The predicted octanol–water partition coefficient (Wildman–Crippen LogP) is 3.01. The van der Waals surface area contributed by atoms with Gasteiger partial charge < -0.3 is 15.3 Å². The minimum absolute atomic E-state index is 0.0187. The first-order valence-electron chi connectivity index (χ1n) is 11.1. The van der Waals surface area contributed by atoms with Gasteiger partial charge in [-0.2, -0.15) is 18.3 Å². The van der Waals surface area contributed by atoms with Crippen LogP contribution in [-0.4, -0.2) is 73.7 Å². The molecule has 1 aromatic rings. The summed E-state index contributed by atoms with van der Waals surface area (Å²) in [6.45, 7) is 12.1. The van der Waals surface area contributed by atoms with E-state index in [-0.39, 0.29) is 34.3 Å². The lowest BCUT2D eigenvalue weighted by Crippen LogP contribution is -2.52. The lowest BCUT2D eigenvalue weighted by Gasteiger charge is -2.44. The van der Waals surface area contributed by atoms with Gasteiger partial charge in [-0.3, -0.25) is 14.9 Å². The van der Waals surface area contributed by atoms with Gasteiger partial charge in [0.2, 0.25) is 0 Å². The summed E-state index contributed by atoms with van der Waals surface area (Å²) in [6.07, 6.45) is -3.41. The number of alkyl halides is 3. The van der Waals surface area contributed by atoms with Crippen molar-refractivity contribution in [2.24, 2.45) is 26.8 Å². The first-order chi connectivity index (χ1) is 15.9. The zero-order chi connectivity index (χ0) is 25.0. The van der Waals surface area contributed by atoms with Gasteiger partial charge in [-0.1, -0.05) is 39.5 Å². The van der Waals surface area contributed by atoms with Crippen LogP contribution < -0.4 is 5.84 Å². The molecule has 1 aromatic heterocycles. The zero-order valence-corrected chi connectivity index (χ0v) is 20.1. The summed E-state index contributed by atoms with van der Waals surface area (Å²) in [7, 11) is 0. The Balaban J connectivity index is 1.70. The van der Waals surface area contributed by atoms with E-state index in [0.29, 0.717) is 25.3 Å². The van der Waals surface area contributed by atoms with Gasteiger partial charge >= 0.3 is 6.18 Å². The summed E-state index contributed by atoms with van der Waals surface area (Å²) in [6, 6.07) is 1.39. The van der Waals surface area contributed by atoms with Gasteiger partial charge in [0.05, 0.1) is 44.6 Å². The predicted molar refractivity (Wildman–Crippen MR) is 125 cm³/mol. The summed E-state index contributed by atoms with van der Waals surface area (Å²) in [5.74, 6) is 11.4. The molecule has 0 saturated carbocycles. The van der Waals surface area contributed by atoms with E-state index in [2.05, 4.69) is 45.7 Å². The number of hydrazone groups is 1. The molecule has 2 saturated heterocycles. The number of rotatable bonds is 6. The molecule has 186 valence electrons. The second kappa shape index (κ2) is 10.4. The highest BCUT2D eigenvalue weighted by molar-refractivity contribution is 6.37. The number of halogens is 3. The van der Waals surface area contributed by atoms with Crippen LogP contribution in [-0.2, 0) is 15.9 Å². The van der Waals surface area contributed by atoms with Gasteiger partial charge in [0.25, 0.3) is 0 Å². The Morgan fingerprint density at radius 1 is 1.24 bits per heavy atom. The molecule has 2 N–H and O–H groups in total. The van der Waals surface area contributed by atoms with Crippen LogP contribution in [0.5, 0.6) is 0 Å². The van der Waals surface area contributed by atoms with Crippen LogP contribution in [0.25, 0.3) is 0 Å². The summed E-state index contributed by atoms with van der Waals surface area (Å²) < 4.78 is 51.0. The maximum atomic E-state index is 13.3. The van der Waals surface area contributed by atoms with Gasteiger partial charge in [-0.05, 0) is 17.0 Å². The van der Waals surface area contributed by atoms with Crippen LogP contribution in [0.15, 0.2) is 22.4 Å². The molecule has 2 fully saturated rings. The van der Waals surface area contributed by atoms with Crippen molar-refractivity contribution in [3.63, 3.8) is 0 Å². The van der Waals surface area contributed by atoms with E-state index in [0.717, 1.165) is 13.1 Å². The molecule has 3 rings (SSSR count). The van der Waals surface area contributed by atoms with Crippen LogP contribution in [0.3, 0.4) is 0 Å². The first kappa shape index (κ1) is 26.1. The fraction of sp³-hybridized carbons (Fsp3) is 0.625. The fourth-order valence-electron chi connectivity index (χ4n) is 3.90. The molecule has 34 heavy (non-hydrogen) atoms. The fourth-order valence-corrected chi connectivity index (χ4v) is 3.90. The minimum atomic E-state index is -4.43. The largest absolute Gasteiger partial charge is 0.393 e. The number of likely N-dealkylation sites (tertiary alicyclic amines) is 1. The molecule has 2 aliphatic heterocycles. The molecule has 3 heterocycles. The summed E-state index contributed by atoms with van der Waals surface area (Å²) in [5, 5.41) is 3.62. The molecule has 2 aliphatic rings. The molecule has 0 bridgehead atoms. The van der Waals surface area contributed by atoms with Gasteiger partial charge in [-0.15, -0.1) is 0 Å². The smallest absolute Gasteiger partial charge is 0.350 e. The summed E-state index contributed by atoms with van der Waals surface area (Å²) >= 11 is 0. The normalized spacial score (nSPS) is 21.2. The van der Waals surface area contributed by atoms with E-state index < -0.39 is 18.9 Å². The van der Waals surface area contributed by atoms with Gasteiger partial charge in [0.15, 0.2) is 6.29 Å². The molecule has 0 aromatic carbocycles. The molecule has 0 aliphatic carbocycles. The number of aromatic nitrogens is 1. The third kappa shape index (κ3) is 7.79. The van der Waals surface area contributed by atoms with E-state index in [1.807, 2.05) is 13.8 Å². The van der Waals surface area contributed by atoms with E-state index in [9.17, 15) is 13.2 Å². The molecule has 7 nitrogen and oxygen atoms in total. The summed E-state index contributed by atoms with van der Waals surface area (Å²) in [4.78, 5) is 10.6. The number of hydrogen-bond donors (Lipinski definition) is 1. The van der Waals surface area contributed by atoms with Crippen molar-refractivity contribution in [1.29, 1.82) is 0 Å². The van der Waals surface area contributed by atoms with Crippen molar-refractivity contribution in [2.75, 3.05) is 39.4 Å². The first-order valence-corrected chi connectivity index (χ1v) is 11.1. The molecule has 0 spiro atoms. The molecule has 0 radical (unpaired) electrons. The highest BCUT2D eigenvalue weighted by atomic mass is 19.4. The monoisotopic (exact) mass is 479 g/mol. The van der Waals surface area contributed by atoms with Crippen LogP contribution in [0.1, 0.15) is 44.5 Å². The maximum absolute atomic E-state index is 13.3. The Hall–Kier alpha value is -2.48. The number of ether oxygens (including phenoxy) is 2. The quantitative estimate of drug-likeness (QED) is 0.294. The van der Waals surface area contributed by atoms with E-state index >= 15 is 0 Å². The van der Waals surface area contributed by atoms with Crippen molar-refractivity contribution in [3.05, 3.63) is 29.1 Å². The number of hydrogen-bond acceptors (Lipinski definition) is 7. The van der Waals surface area contributed by atoms with Crippen LogP contribution in [0.4, 0.5) is 13.2 Å². The van der Waals surface area contributed by atoms with Crippen molar-refractivity contribution >= 4 is 11.9 Å². The second-order valence-electron chi connectivity index (χ2n) is 10.4. The topological polar surface area (TPSA) is 85.3 Å². The van der Waals surface area contributed by atoms with Gasteiger partial charge in [0, 0.05) is 30.3 Å². The average molecular weight is 480 g/mol. The minimum Gasteiger partial charge on any atom is -0.350 e. The Labute approximate surface area is 198 Å². The Kier molecular flexibility index (Phi) is 8.01. The molecule has 0 atom stereocenters. The van der Waals surface area contributed by atoms with Crippen molar-refractivity contribution in [3.8, 4) is 11.8 Å². The SMILES string of the molecule is CC1(C)COC(CN=C/C(=N\N)c2ncc(C#CCN3CC(C)(C)C3)cc2CC(F)(F)F)OC1. The van der Waals surface area contributed by atoms with E-state index in [4.69, 9.17) is 15.3 Å². The molecular formula is C24H32F3N5O2. The average Bonchev–Trinajstić information content (AvgIpc) is 2.70. The Morgan fingerprint density at radius 3 is 2.50 bits per heavy atom. The van der Waals surface area contributed by atoms with Crippen molar-refractivity contribution in [2.45, 2.75) is 46.6 Å². The van der Waals surface area contributed by atoms with E-state index in [1.54, 1.807) is 0 Å². The second-order valence-corrected chi connectivity index (χ2v) is 10.4. The van der Waals surface area contributed by atoms with Gasteiger partial charge in [0.1, 0.15) is 5.71 Å². The lowest BCUT2D eigenvalue weighted by molar-refractivity contribution is -0.215. The standard InChI is InChI=1S/C24H32F3N5O2/c1-22(2)13-32(14-22)7-5-6-17-8-18(9-24(25,26)27)21(30-10-17)19(31-28)11-29-12-20-33-15-23(3,4)16-34-20/h8,10-11,20H,7,9,12-16,28H2,1-4H3/b29-11?,31-19+. The lowest BCUT2D eigenvalue weighted by atomic mass is 9.84. The van der Waals surface area contributed by atoms with Crippen LogP contribution in [0.2, 0.25) is 0 Å². The number of nitrogens with zero attached hydrogens (tertiary/aromatic N) is 4. The highest BCUT2D eigenvalue weighted by Crippen LogP contribution is 2.28. The summed E-state index contributed by atoms with van der Waals surface area (Å²) in [5.41, 5.74) is 0.616. The zero-order valence-electron chi connectivity index (χ0n) is 20.1. The number of aliphatic imine (C=N–C) groups is 1. The van der Waals surface area contributed by atoms with Crippen molar-refractivity contribution < 1.29 is 22.6 Å². The number of pyridine rings is 1. The van der Waals surface area contributed by atoms with Crippen LogP contribution in [0, 0.1) is 22.7 Å². The van der Waals surface area contributed by atoms with E-state index in [1.165, 1.54) is 18.5 Å². The molecule has 0 amide bonds. The maximum Gasteiger partial charge on any atom is 0.393 e. The third-order valence-electron chi connectivity index (χ3n) is 5.37. The third-order valence-corrected chi connectivity index (χ3v) is 5.37. The molecular weight excluding hydrogens is 447 g/mol. The molecule has 10 heteroatoms. The van der Waals surface area contributed by atoms with Gasteiger partial charge in [-0.25, -0.2) is 0 Å². The number of nitrogens with two attached hydrogens (primary N) is 1. The highest BCUT2D eigenvalue weighted by Gasteiger charge is 2.33.